The number of carbonyl (C=O) groups is 1. The van der Waals surface area contributed by atoms with Gasteiger partial charge < -0.3 is 35.2 Å². The number of aliphatic hydroxyl groups excluding tert-OH is 4. The lowest BCUT2D eigenvalue weighted by Gasteiger charge is -2.56. The number of unbranched alkanes of at least 4 members (excludes halogenated alkanes) is 4. The molecule has 8 saturated carbocycles. The number of nitrogens with zero attached hydrogens (tertiary/aromatic N) is 1. The molecule has 8 aliphatic carbocycles. The largest absolute Gasteiger partial charge is 0.395 e. The molecule has 5 atom stereocenters. The molecule has 1 amide bonds. The van der Waals surface area contributed by atoms with Crippen LogP contribution in [0.5, 0.6) is 0 Å². The van der Waals surface area contributed by atoms with E-state index in [4.69, 9.17) is 9.47 Å². The van der Waals surface area contributed by atoms with E-state index in [9.17, 15) is 25.2 Å². The Morgan fingerprint density at radius 1 is 0.625 bits per heavy atom. The summed E-state index contributed by atoms with van der Waals surface area (Å²) in [6.45, 7) is 3.83. The standard InChI is InChI=1S/C39H66N2O7/c42-23-32-34(43)36(45)35(44)33(41(32)8-4-2-6-10-48-25-39-20-29-14-30(21-39)16-31(15-29)22-39)37(46)40-7-3-1-5-9-47-24-38-17-26-11-27(18-38)13-28(12-26)19-38/h26-36,42-45H,1-25H2,(H,40,46)/t26?,27?,28?,29?,30?,31?,32-,33+,34+,35-,36-,38?,39?/m0/s1. The number of nitrogens with one attached hydrogen (secondary N) is 1. The van der Waals surface area contributed by atoms with Gasteiger partial charge in [0.25, 0.3) is 0 Å². The fourth-order valence-electron chi connectivity index (χ4n) is 13.0. The van der Waals surface area contributed by atoms with Crippen LogP contribution in [-0.4, -0.2) is 108 Å². The summed E-state index contributed by atoms with van der Waals surface area (Å²) in [5.41, 5.74) is 0.869. The van der Waals surface area contributed by atoms with Crippen molar-refractivity contribution < 1.29 is 34.7 Å². The topological polar surface area (TPSA) is 132 Å². The minimum atomic E-state index is -1.49. The van der Waals surface area contributed by atoms with Gasteiger partial charge in [-0.05, 0) is 168 Å². The summed E-state index contributed by atoms with van der Waals surface area (Å²) in [7, 11) is 0. The predicted octanol–water partition coefficient (Wildman–Crippen LogP) is 4.04. The minimum absolute atomic E-state index is 0.358. The van der Waals surface area contributed by atoms with Crippen LogP contribution < -0.4 is 5.32 Å². The number of hydrogen-bond acceptors (Lipinski definition) is 8. The average Bonchev–Trinajstić information content (AvgIpc) is 3.03. The Morgan fingerprint density at radius 2 is 1.08 bits per heavy atom. The zero-order chi connectivity index (χ0) is 33.3. The SMILES string of the molecule is O=C(NCCCCCOCC12CC3CC(CC(C3)C1)C2)[C@H]1[C@H](O)[C@@H](O)[C@H](O)[C@H](CO)N1CCCCCOCC12CC3CC(CC(C3)C1)C2. The van der Waals surface area contributed by atoms with Crippen LogP contribution in [-0.2, 0) is 14.3 Å². The molecule has 1 aliphatic heterocycles. The quantitative estimate of drug-likeness (QED) is 0.138. The van der Waals surface area contributed by atoms with E-state index in [1.807, 2.05) is 0 Å². The normalized spacial score (nSPS) is 44.5. The highest BCUT2D eigenvalue weighted by Crippen LogP contribution is 2.61. The Morgan fingerprint density at radius 3 is 1.54 bits per heavy atom. The number of hydrogen-bond donors (Lipinski definition) is 5. The molecule has 0 radical (unpaired) electrons. The van der Waals surface area contributed by atoms with Crippen molar-refractivity contribution in [1.29, 1.82) is 0 Å². The Hall–Kier alpha value is -0.810. The van der Waals surface area contributed by atoms with Crippen molar-refractivity contribution in [2.24, 2.45) is 46.3 Å². The molecule has 9 nitrogen and oxygen atoms in total. The lowest BCUT2D eigenvalue weighted by molar-refractivity contribution is -0.178. The van der Waals surface area contributed by atoms with Crippen molar-refractivity contribution in [3.8, 4) is 0 Å². The van der Waals surface area contributed by atoms with Crippen molar-refractivity contribution in [3.63, 3.8) is 0 Å². The third-order valence-electron chi connectivity index (χ3n) is 14.3. The number of piperidine rings is 1. The number of ether oxygens (including phenoxy) is 2. The highest BCUT2D eigenvalue weighted by Gasteiger charge is 2.53. The second kappa shape index (κ2) is 15.4. The van der Waals surface area contributed by atoms with E-state index in [-0.39, 0.29) is 5.91 Å². The van der Waals surface area contributed by atoms with Gasteiger partial charge in [0.1, 0.15) is 24.4 Å². The Labute approximate surface area is 288 Å². The van der Waals surface area contributed by atoms with Gasteiger partial charge in [-0.2, -0.15) is 0 Å². The maximum Gasteiger partial charge on any atom is 0.240 e. The smallest absolute Gasteiger partial charge is 0.240 e. The molecule has 1 heterocycles. The Bertz CT molecular complexity index is 1000. The summed E-state index contributed by atoms with van der Waals surface area (Å²) in [4.78, 5) is 15.1. The molecular weight excluding hydrogens is 608 g/mol. The summed E-state index contributed by atoms with van der Waals surface area (Å²) >= 11 is 0. The van der Waals surface area contributed by atoms with E-state index in [0.717, 1.165) is 100 Å². The summed E-state index contributed by atoms with van der Waals surface area (Å²) in [6.07, 6.45) is 17.9. The lowest BCUT2D eigenvalue weighted by atomic mass is 9.50. The molecule has 1 saturated heterocycles. The molecule has 8 bridgehead atoms. The number of aliphatic hydroxyl groups is 4. The maximum atomic E-state index is 13.4. The zero-order valence-electron chi connectivity index (χ0n) is 29.5. The molecule has 0 aromatic carbocycles. The first-order valence-electron chi connectivity index (χ1n) is 20.1. The second-order valence-electron chi connectivity index (χ2n) is 18.3. The van der Waals surface area contributed by atoms with E-state index in [0.29, 0.717) is 23.9 Å². The summed E-state index contributed by atoms with van der Waals surface area (Å²) in [5, 5.41) is 45.2. The first kappa shape index (κ1) is 35.6. The van der Waals surface area contributed by atoms with Crippen LogP contribution in [0.4, 0.5) is 0 Å². The average molecular weight is 675 g/mol. The van der Waals surface area contributed by atoms with Crippen LogP contribution in [0, 0.1) is 46.3 Å². The molecule has 48 heavy (non-hydrogen) atoms. The Balaban J connectivity index is 0.795. The van der Waals surface area contributed by atoms with Gasteiger partial charge in [-0.15, -0.1) is 0 Å². The fraction of sp³-hybridized carbons (Fsp3) is 0.974. The highest BCUT2D eigenvalue weighted by atomic mass is 16.5. The third-order valence-corrected chi connectivity index (χ3v) is 14.3. The molecule has 9 aliphatic rings. The van der Waals surface area contributed by atoms with Gasteiger partial charge in [0.15, 0.2) is 0 Å². The van der Waals surface area contributed by atoms with E-state index < -0.39 is 37.0 Å². The van der Waals surface area contributed by atoms with Crippen LogP contribution in [0.3, 0.4) is 0 Å². The van der Waals surface area contributed by atoms with Crippen molar-refractivity contribution in [3.05, 3.63) is 0 Å². The van der Waals surface area contributed by atoms with Crippen molar-refractivity contribution in [2.75, 3.05) is 46.1 Å². The van der Waals surface area contributed by atoms with Gasteiger partial charge >= 0.3 is 0 Å². The van der Waals surface area contributed by atoms with Gasteiger partial charge in [-0.3, -0.25) is 9.69 Å². The van der Waals surface area contributed by atoms with Gasteiger partial charge in [-0.25, -0.2) is 0 Å². The maximum absolute atomic E-state index is 13.4. The van der Waals surface area contributed by atoms with E-state index in [1.165, 1.54) is 77.0 Å². The molecule has 0 aromatic rings. The zero-order valence-corrected chi connectivity index (χ0v) is 29.5. The highest BCUT2D eigenvalue weighted by molar-refractivity contribution is 5.82. The number of rotatable bonds is 18. The van der Waals surface area contributed by atoms with Gasteiger partial charge in [0.05, 0.1) is 25.9 Å². The van der Waals surface area contributed by atoms with Crippen molar-refractivity contribution in [1.82, 2.24) is 10.2 Å². The van der Waals surface area contributed by atoms with E-state index >= 15 is 0 Å². The molecule has 9 fully saturated rings. The molecule has 0 unspecified atom stereocenters. The van der Waals surface area contributed by atoms with Crippen molar-refractivity contribution >= 4 is 5.91 Å². The monoisotopic (exact) mass is 674 g/mol. The van der Waals surface area contributed by atoms with Crippen LogP contribution in [0.25, 0.3) is 0 Å². The summed E-state index contributed by atoms with van der Waals surface area (Å²) < 4.78 is 12.5. The van der Waals surface area contributed by atoms with Crippen molar-refractivity contribution in [2.45, 2.75) is 146 Å². The fourth-order valence-corrected chi connectivity index (χ4v) is 13.0. The van der Waals surface area contributed by atoms with Crippen LogP contribution >= 0.6 is 0 Å². The summed E-state index contributed by atoms with van der Waals surface area (Å²) in [6, 6.07) is -1.82. The van der Waals surface area contributed by atoms with Gasteiger partial charge in [0, 0.05) is 19.8 Å². The summed E-state index contributed by atoms with van der Waals surface area (Å²) in [5.74, 6) is 5.26. The molecule has 5 N–H and O–H groups in total. The first-order chi connectivity index (χ1) is 23.3. The number of likely N-dealkylation sites (tertiary alicyclic amines) is 1. The second-order valence-corrected chi connectivity index (χ2v) is 18.3. The first-order valence-corrected chi connectivity index (χ1v) is 20.1. The van der Waals surface area contributed by atoms with Crippen LogP contribution in [0.15, 0.2) is 0 Å². The van der Waals surface area contributed by atoms with E-state index in [2.05, 4.69) is 5.32 Å². The number of carbonyl (C=O) groups excluding carboxylic acids is 1. The Kier molecular flexibility index (Phi) is 11.4. The molecule has 274 valence electrons. The van der Waals surface area contributed by atoms with Gasteiger partial charge in [0.2, 0.25) is 5.91 Å². The molecule has 9 heteroatoms. The molecule has 0 spiro atoms. The minimum Gasteiger partial charge on any atom is -0.395 e. The lowest BCUT2D eigenvalue weighted by Crippen LogP contribution is -2.70. The van der Waals surface area contributed by atoms with Gasteiger partial charge in [-0.1, -0.05) is 0 Å². The molecule has 0 aromatic heterocycles. The third kappa shape index (κ3) is 7.83. The van der Waals surface area contributed by atoms with Crippen LogP contribution in [0.2, 0.25) is 0 Å². The molecular formula is C39H66N2O7. The van der Waals surface area contributed by atoms with Crippen LogP contribution in [0.1, 0.15) is 116 Å². The molecule has 9 rings (SSSR count). The predicted molar refractivity (Wildman–Crippen MR) is 183 cm³/mol. The van der Waals surface area contributed by atoms with E-state index in [1.54, 1.807) is 4.90 Å². The number of amides is 1.